The molecule has 82 valence electrons. The fourth-order valence-electron chi connectivity index (χ4n) is 0.668. The second kappa shape index (κ2) is 9.67. The Kier molecular flexibility index (Phi) is 13.4. The number of aliphatic hydroxyl groups is 5. The van der Waals surface area contributed by atoms with Crippen molar-refractivity contribution in [3.8, 4) is 0 Å². The molecule has 0 unspecified atom stereocenters. The second-order valence-electron chi connectivity index (χ2n) is 2.51. The third-order valence-electron chi connectivity index (χ3n) is 1.51. The Hall–Kier alpha value is 0.465. The van der Waals surface area contributed by atoms with Gasteiger partial charge in [0.15, 0.2) is 6.10 Å². The summed E-state index contributed by atoms with van der Waals surface area (Å²) in [5.74, 6) is -1.73. The first kappa shape index (κ1) is 20.8. The zero-order valence-corrected chi connectivity index (χ0v) is 8.61. The molecular weight excluding hydrogens is 198 g/mol. The van der Waals surface area contributed by atoms with Crippen molar-refractivity contribution in [3.05, 3.63) is 0 Å². The predicted molar refractivity (Wildman–Crippen MR) is 41.0 cm³/mol. The topological polar surface area (TPSA) is 138 Å². The molecule has 0 fully saturated rings. The van der Waals surface area contributed by atoms with E-state index in [4.69, 9.17) is 30.6 Å². The molecule has 0 bridgehead atoms. The molecule has 0 aromatic carbocycles. The summed E-state index contributed by atoms with van der Waals surface area (Å²) in [4.78, 5) is 10.1. The number of carbonyl (C=O) groups is 1. The van der Waals surface area contributed by atoms with Gasteiger partial charge < -0.3 is 33.5 Å². The van der Waals surface area contributed by atoms with E-state index >= 15 is 0 Å². The van der Waals surface area contributed by atoms with Crippen LogP contribution in [0.5, 0.6) is 0 Å². The summed E-state index contributed by atoms with van der Waals surface area (Å²) in [7, 11) is 0. The number of carboxylic acid groups (broad SMARTS) is 1. The standard InChI is InChI=1S/C6H12O7.2Li.2H/c7-1-2(8)3(9)4(10)5(11)6(12)13;;;;/h2-5,7-11H,1H2,(H,12,13);;;;/q;2*+1;2*-1/t2-,3-,4+,5-;;;;/m1..../s1. The number of carboxylic acids is 1. The summed E-state index contributed by atoms with van der Waals surface area (Å²) < 4.78 is 0. The van der Waals surface area contributed by atoms with Gasteiger partial charge in [-0.1, -0.05) is 0 Å². The van der Waals surface area contributed by atoms with Gasteiger partial charge in [0, 0.05) is 0 Å². The Morgan fingerprint density at radius 1 is 1.07 bits per heavy atom. The van der Waals surface area contributed by atoms with Gasteiger partial charge in [0.25, 0.3) is 0 Å². The van der Waals surface area contributed by atoms with Gasteiger partial charge in [-0.05, 0) is 0 Å². The largest absolute Gasteiger partial charge is 1.00 e. The van der Waals surface area contributed by atoms with Crippen LogP contribution in [0, 0.1) is 0 Å². The monoisotopic (exact) mass is 212 g/mol. The van der Waals surface area contributed by atoms with Gasteiger partial charge in [0.1, 0.15) is 18.3 Å². The Balaban J connectivity index is -0.000000120. The number of aliphatic carboxylic acids is 1. The molecule has 0 heterocycles. The van der Waals surface area contributed by atoms with Gasteiger partial charge in [0.2, 0.25) is 0 Å². The third kappa shape index (κ3) is 6.59. The average molecular weight is 212 g/mol. The van der Waals surface area contributed by atoms with Gasteiger partial charge in [-0.3, -0.25) is 0 Å². The summed E-state index contributed by atoms with van der Waals surface area (Å²) in [5, 5.41) is 51.8. The first-order valence-electron chi connectivity index (χ1n) is 3.47. The fourth-order valence-corrected chi connectivity index (χ4v) is 0.668. The molecule has 7 nitrogen and oxygen atoms in total. The van der Waals surface area contributed by atoms with Crippen LogP contribution < -0.4 is 37.7 Å². The molecule has 0 aliphatic rings. The van der Waals surface area contributed by atoms with E-state index in [1.165, 1.54) is 0 Å². The molecule has 4 atom stereocenters. The molecule has 9 heteroatoms. The number of hydrogen-bond acceptors (Lipinski definition) is 6. The molecule has 0 aliphatic carbocycles. The molecule has 15 heavy (non-hydrogen) atoms. The van der Waals surface area contributed by atoms with Crippen molar-refractivity contribution in [2.45, 2.75) is 24.4 Å². The van der Waals surface area contributed by atoms with E-state index in [9.17, 15) is 4.79 Å². The van der Waals surface area contributed by atoms with Crippen LogP contribution in [0.4, 0.5) is 0 Å². The quantitative estimate of drug-likeness (QED) is 0.249. The second-order valence-corrected chi connectivity index (χ2v) is 2.51. The number of rotatable bonds is 5. The van der Waals surface area contributed by atoms with Crippen LogP contribution in [-0.2, 0) is 4.79 Å². The van der Waals surface area contributed by atoms with Gasteiger partial charge >= 0.3 is 43.7 Å². The third-order valence-corrected chi connectivity index (χ3v) is 1.51. The summed E-state index contributed by atoms with van der Waals surface area (Å²) >= 11 is 0. The van der Waals surface area contributed by atoms with Crippen molar-refractivity contribution >= 4 is 5.97 Å². The molecule has 6 N–H and O–H groups in total. The van der Waals surface area contributed by atoms with E-state index in [2.05, 4.69) is 0 Å². The molecule has 0 radical (unpaired) electrons. The Morgan fingerprint density at radius 3 is 1.73 bits per heavy atom. The maximum absolute atomic E-state index is 10.1. The molecule has 0 saturated carbocycles. The van der Waals surface area contributed by atoms with Crippen molar-refractivity contribution in [3.63, 3.8) is 0 Å². The zero-order chi connectivity index (χ0) is 10.6. The van der Waals surface area contributed by atoms with Gasteiger partial charge in [0.05, 0.1) is 6.61 Å². The minimum absolute atomic E-state index is 0. The van der Waals surface area contributed by atoms with Crippen molar-refractivity contribution in [1.29, 1.82) is 0 Å². The fraction of sp³-hybridized carbons (Fsp3) is 0.833. The van der Waals surface area contributed by atoms with Gasteiger partial charge in [-0.25, -0.2) is 4.79 Å². The normalized spacial score (nSPS) is 17.7. The minimum Gasteiger partial charge on any atom is -1.00 e. The maximum atomic E-state index is 10.1. The summed E-state index contributed by atoms with van der Waals surface area (Å²) in [6.45, 7) is -0.843. The van der Waals surface area contributed by atoms with E-state index in [1.54, 1.807) is 0 Å². The van der Waals surface area contributed by atoms with E-state index in [0.717, 1.165) is 0 Å². The average Bonchev–Trinajstić information content (AvgIpc) is 2.12. The Bertz CT molecular complexity index is 188. The first-order chi connectivity index (χ1) is 5.91. The van der Waals surface area contributed by atoms with Crippen LogP contribution >= 0.6 is 0 Å². The van der Waals surface area contributed by atoms with Crippen molar-refractivity contribution in [2.24, 2.45) is 0 Å². The molecule has 0 saturated heterocycles. The van der Waals surface area contributed by atoms with Crippen molar-refractivity contribution in [1.82, 2.24) is 0 Å². The zero-order valence-electron chi connectivity index (χ0n) is 10.6. The van der Waals surface area contributed by atoms with Crippen molar-refractivity contribution < 1.29 is 76.0 Å². The van der Waals surface area contributed by atoms with E-state index in [1.807, 2.05) is 0 Å². The van der Waals surface area contributed by atoms with Crippen molar-refractivity contribution in [2.75, 3.05) is 6.61 Å². The molecule has 0 aliphatic heterocycles. The van der Waals surface area contributed by atoms with Crippen LogP contribution in [0.3, 0.4) is 0 Å². The summed E-state index contributed by atoms with van der Waals surface area (Å²) in [5.41, 5.74) is 0. The van der Waals surface area contributed by atoms with Crippen LogP contribution in [0.2, 0.25) is 0 Å². The SMILES string of the molecule is O=C(O)[C@H](O)[C@@H](O)[C@H](O)[C@H](O)CO.[H-].[H-].[Li+].[Li+]. The van der Waals surface area contributed by atoms with Crippen LogP contribution in [0.25, 0.3) is 0 Å². The first-order valence-corrected chi connectivity index (χ1v) is 3.47. The number of hydrogen-bond donors (Lipinski definition) is 6. The van der Waals surface area contributed by atoms with Crippen LogP contribution in [-0.4, -0.2) is 67.6 Å². The van der Waals surface area contributed by atoms with Gasteiger partial charge in [-0.2, -0.15) is 0 Å². The van der Waals surface area contributed by atoms with Crippen LogP contribution in [0.15, 0.2) is 0 Å². The molecule has 0 amide bonds. The molecule has 0 rings (SSSR count). The van der Waals surface area contributed by atoms with E-state index < -0.39 is 37.0 Å². The Labute approximate surface area is 113 Å². The summed E-state index contributed by atoms with van der Waals surface area (Å²) in [6, 6.07) is 0. The smallest absolute Gasteiger partial charge is 1.00 e. The Morgan fingerprint density at radius 2 is 1.47 bits per heavy atom. The summed E-state index contributed by atoms with van der Waals surface area (Å²) in [6.07, 6.45) is -7.84. The van der Waals surface area contributed by atoms with Gasteiger partial charge in [-0.15, -0.1) is 0 Å². The van der Waals surface area contributed by atoms with E-state index in [-0.39, 0.29) is 40.6 Å². The van der Waals surface area contributed by atoms with Crippen LogP contribution in [0.1, 0.15) is 2.85 Å². The molecular formula is C6H14Li2O7. The maximum Gasteiger partial charge on any atom is 1.00 e. The molecule has 0 aromatic rings. The molecule has 0 aromatic heterocycles. The number of aliphatic hydroxyl groups excluding tert-OH is 5. The minimum atomic E-state index is -2.20. The van der Waals surface area contributed by atoms with E-state index in [0.29, 0.717) is 0 Å². The predicted octanol–water partition coefficient (Wildman–Crippen LogP) is -9.26. The molecule has 0 spiro atoms.